The van der Waals surface area contributed by atoms with Crippen molar-refractivity contribution in [1.82, 2.24) is 10.3 Å². The summed E-state index contributed by atoms with van der Waals surface area (Å²) in [6, 6.07) is 7.95. The number of nitrogens with one attached hydrogen (secondary N) is 1. The van der Waals surface area contributed by atoms with E-state index in [0.717, 1.165) is 47.0 Å². The molecule has 1 aliphatic rings. The van der Waals surface area contributed by atoms with Crippen molar-refractivity contribution in [3.63, 3.8) is 0 Å². The van der Waals surface area contributed by atoms with Crippen LogP contribution in [-0.2, 0) is 12.8 Å². The van der Waals surface area contributed by atoms with Gasteiger partial charge in [0.15, 0.2) is 0 Å². The fourth-order valence-corrected chi connectivity index (χ4v) is 2.88. The van der Waals surface area contributed by atoms with E-state index in [0.29, 0.717) is 6.54 Å². The molecule has 0 bridgehead atoms. The van der Waals surface area contributed by atoms with Gasteiger partial charge in [0.05, 0.1) is 11.1 Å². The van der Waals surface area contributed by atoms with E-state index in [9.17, 15) is 4.79 Å². The number of benzene rings is 1. The minimum Gasteiger partial charge on any atom is -0.352 e. The number of para-hydroxylation sites is 1. The molecule has 0 saturated carbocycles. The van der Waals surface area contributed by atoms with Gasteiger partial charge in [0, 0.05) is 17.6 Å². The fourth-order valence-electron chi connectivity index (χ4n) is 2.88. The van der Waals surface area contributed by atoms with Crippen LogP contribution in [0, 0.1) is 0 Å². The highest BCUT2D eigenvalue weighted by molar-refractivity contribution is 6.07. The van der Waals surface area contributed by atoms with Gasteiger partial charge < -0.3 is 5.32 Å². The van der Waals surface area contributed by atoms with E-state index in [-0.39, 0.29) is 5.91 Å². The van der Waals surface area contributed by atoms with Crippen molar-refractivity contribution < 1.29 is 4.79 Å². The molecular weight excluding hydrogens is 236 g/mol. The molecule has 1 N–H and O–H groups in total. The van der Waals surface area contributed by atoms with Crippen molar-refractivity contribution in [2.75, 3.05) is 6.54 Å². The van der Waals surface area contributed by atoms with E-state index < -0.39 is 0 Å². The Balaban J connectivity index is 2.27. The third kappa shape index (κ3) is 2.09. The van der Waals surface area contributed by atoms with E-state index in [1.807, 2.05) is 31.2 Å². The van der Waals surface area contributed by atoms with Gasteiger partial charge in [-0.25, -0.2) is 0 Å². The highest BCUT2D eigenvalue weighted by Crippen LogP contribution is 2.29. The first-order chi connectivity index (χ1) is 9.31. The van der Waals surface area contributed by atoms with E-state index in [4.69, 9.17) is 4.98 Å². The van der Waals surface area contributed by atoms with Crippen molar-refractivity contribution in [1.29, 1.82) is 0 Å². The van der Waals surface area contributed by atoms with Gasteiger partial charge in [-0.05, 0) is 44.2 Å². The minimum atomic E-state index is 0.0410. The van der Waals surface area contributed by atoms with Crippen molar-refractivity contribution in [3.05, 3.63) is 41.1 Å². The maximum atomic E-state index is 12.4. The molecule has 0 unspecified atom stereocenters. The smallest absolute Gasteiger partial charge is 0.252 e. The predicted octanol–water partition coefficient (Wildman–Crippen LogP) is 2.86. The lowest BCUT2D eigenvalue weighted by Gasteiger charge is -2.20. The highest BCUT2D eigenvalue weighted by atomic mass is 16.1. The average Bonchev–Trinajstić information content (AvgIpc) is 2.44. The molecule has 98 valence electrons. The average molecular weight is 254 g/mol. The van der Waals surface area contributed by atoms with Crippen molar-refractivity contribution >= 4 is 16.8 Å². The van der Waals surface area contributed by atoms with Crippen LogP contribution >= 0.6 is 0 Å². The first-order valence-electron chi connectivity index (χ1n) is 7.00. The fraction of sp³-hybridized carbons (Fsp3) is 0.375. The summed E-state index contributed by atoms with van der Waals surface area (Å²) in [6.07, 6.45) is 4.29. The largest absolute Gasteiger partial charge is 0.352 e. The summed E-state index contributed by atoms with van der Waals surface area (Å²) in [4.78, 5) is 17.1. The van der Waals surface area contributed by atoms with Crippen LogP contribution in [0.4, 0.5) is 0 Å². The summed E-state index contributed by atoms with van der Waals surface area (Å²) in [5.41, 5.74) is 4.06. The van der Waals surface area contributed by atoms with Crippen LogP contribution in [0.5, 0.6) is 0 Å². The van der Waals surface area contributed by atoms with Gasteiger partial charge in [0.1, 0.15) is 0 Å². The van der Waals surface area contributed by atoms with E-state index in [1.54, 1.807) is 0 Å². The summed E-state index contributed by atoms with van der Waals surface area (Å²) in [5, 5.41) is 3.92. The maximum Gasteiger partial charge on any atom is 0.252 e. The second kappa shape index (κ2) is 5.00. The summed E-state index contributed by atoms with van der Waals surface area (Å²) < 4.78 is 0. The monoisotopic (exact) mass is 254 g/mol. The molecule has 2 aromatic rings. The number of amides is 1. The summed E-state index contributed by atoms with van der Waals surface area (Å²) in [7, 11) is 0. The molecule has 0 fully saturated rings. The van der Waals surface area contributed by atoms with Crippen LogP contribution in [0.3, 0.4) is 0 Å². The number of hydrogen-bond acceptors (Lipinski definition) is 2. The topological polar surface area (TPSA) is 42.0 Å². The van der Waals surface area contributed by atoms with Crippen molar-refractivity contribution in [2.24, 2.45) is 0 Å². The second-order valence-corrected chi connectivity index (χ2v) is 5.00. The zero-order valence-electron chi connectivity index (χ0n) is 11.2. The number of fused-ring (bicyclic) bond motifs is 2. The Labute approximate surface area is 113 Å². The molecule has 3 rings (SSSR count). The minimum absolute atomic E-state index is 0.0410. The Morgan fingerprint density at radius 2 is 2.05 bits per heavy atom. The molecule has 0 atom stereocenters. The molecular formula is C16H18N2O. The summed E-state index contributed by atoms with van der Waals surface area (Å²) in [5.74, 6) is 0.0410. The molecule has 0 saturated heterocycles. The maximum absolute atomic E-state index is 12.4. The van der Waals surface area contributed by atoms with Crippen LogP contribution in [0.15, 0.2) is 24.3 Å². The van der Waals surface area contributed by atoms with E-state index >= 15 is 0 Å². The standard InChI is InChI=1S/C16H18N2O/c1-2-17-16(19)15-11-7-3-5-9-13(11)18-14-10-6-4-8-12(14)15/h3,5,7,9H,2,4,6,8,10H2,1H3,(H,17,19). The first-order valence-corrected chi connectivity index (χ1v) is 7.00. The number of aryl methyl sites for hydroxylation is 1. The van der Waals surface area contributed by atoms with E-state index in [2.05, 4.69) is 5.32 Å². The van der Waals surface area contributed by atoms with Crippen LogP contribution < -0.4 is 5.32 Å². The third-order valence-electron chi connectivity index (χ3n) is 3.73. The van der Waals surface area contributed by atoms with Gasteiger partial charge in [-0.3, -0.25) is 9.78 Å². The predicted molar refractivity (Wildman–Crippen MR) is 76.4 cm³/mol. The van der Waals surface area contributed by atoms with Gasteiger partial charge in [-0.15, -0.1) is 0 Å². The SMILES string of the molecule is CCNC(=O)c1c2c(nc3ccccc13)CCCC2. The van der Waals surface area contributed by atoms with Gasteiger partial charge in [0.25, 0.3) is 5.91 Å². The molecule has 3 nitrogen and oxygen atoms in total. The normalized spacial score (nSPS) is 14.2. The molecule has 0 aliphatic heterocycles. The van der Waals surface area contributed by atoms with Gasteiger partial charge in [-0.1, -0.05) is 18.2 Å². The number of aromatic nitrogens is 1. The molecule has 0 radical (unpaired) electrons. The van der Waals surface area contributed by atoms with E-state index in [1.165, 1.54) is 6.42 Å². The summed E-state index contributed by atoms with van der Waals surface area (Å²) in [6.45, 7) is 2.61. The van der Waals surface area contributed by atoms with Gasteiger partial charge in [0.2, 0.25) is 0 Å². The molecule has 0 spiro atoms. The van der Waals surface area contributed by atoms with Crippen LogP contribution in [0.1, 0.15) is 41.4 Å². The Kier molecular flexibility index (Phi) is 3.20. The van der Waals surface area contributed by atoms with Crippen LogP contribution in [-0.4, -0.2) is 17.4 Å². The first kappa shape index (κ1) is 12.2. The highest BCUT2D eigenvalue weighted by Gasteiger charge is 2.21. The molecule has 1 aromatic heterocycles. The zero-order valence-corrected chi connectivity index (χ0v) is 11.2. The zero-order chi connectivity index (χ0) is 13.2. The molecule has 1 aromatic carbocycles. The lowest BCUT2D eigenvalue weighted by molar-refractivity contribution is 0.0956. The Morgan fingerprint density at radius 1 is 1.26 bits per heavy atom. The Bertz CT molecular complexity index is 634. The molecule has 1 heterocycles. The molecule has 1 aliphatic carbocycles. The number of carbonyl (C=O) groups excluding carboxylic acids is 1. The lowest BCUT2D eigenvalue weighted by Crippen LogP contribution is -2.26. The number of rotatable bonds is 2. The van der Waals surface area contributed by atoms with Crippen LogP contribution in [0.2, 0.25) is 0 Å². The number of hydrogen-bond donors (Lipinski definition) is 1. The second-order valence-electron chi connectivity index (χ2n) is 5.00. The van der Waals surface area contributed by atoms with Crippen molar-refractivity contribution in [2.45, 2.75) is 32.6 Å². The van der Waals surface area contributed by atoms with Gasteiger partial charge in [-0.2, -0.15) is 0 Å². The third-order valence-corrected chi connectivity index (χ3v) is 3.73. The molecule has 1 amide bonds. The molecule has 19 heavy (non-hydrogen) atoms. The number of carbonyl (C=O) groups is 1. The number of nitrogens with zero attached hydrogens (tertiary/aromatic N) is 1. The van der Waals surface area contributed by atoms with Gasteiger partial charge >= 0.3 is 0 Å². The quantitative estimate of drug-likeness (QED) is 0.895. The molecule has 3 heteroatoms. The summed E-state index contributed by atoms with van der Waals surface area (Å²) >= 11 is 0. The van der Waals surface area contributed by atoms with Crippen LogP contribution in [0.25, 0.3) is 10.9 Å². The number of pyridine rings is 1. The Morgan fingerprint density at radius 3 is 2.89 bits per heavy atom. The Hall–Kier alpha value is -1.90. The lowest BCUT2D eigenvalue weighted by atomic mass is 9.89. The van der Waals surface area contributed by atoms with Crippen molar-refractivity contribution in [3.8, 4) is 0 Å².